The summed E-state index contributed by atoms with van der Waals surface area (Å²) in [7, 11) is 0. The monoisotopic (exact) mass is 114 g/mol. The quantitative estimate of drug-likeness (QED) is 0.552. The van der Waals surface area contributed by atoms with E-state index in [-0.39, 0.29) is 6.10 Å². The Morgan fingerprint density at radius 1 is 1.75 bits per heavy atom. The summed E-state index contributed by atoms with van der Waals surface area (Å²) in [6, 6.07) is 0. The van der Waals surface area contributed by atoms with Gasteiger partial charge >= 0.3 is 0 Å². The molecule has 1 atom stereocenters. The van der Waals surface area contributed by atoms with Crippen LogP contribution in [0.4, 0.5) is 0 Å². The lowest BCUT2D eigenvalue weighted by molar-refractivity contribution is 0.167. The van der Waals surface area contributed by atoms with E-state index in [0.717, 1.165) is 19.3 Å². The van der Waals surface area contributed by atoms with E-state index in [2.05, 4.69) is 13.5 Å². The van der Waals surface area contributed by atoms with Gasteiger partial charge in [-0.1, -0.05) is 19.4 Å². The number of hydrogen-bond acceptors (Lipinski definition) is 1. The molecule has 0 radical (unpaired) electrons. The standard InChI is InChI=1S/C7H14O/c1-3-5-7(8)6-4-2/h3,7-8H,1,4-6H2,2H3. The van der Waals surface area contributed by atoms with Gasteiger partial charge in [0.1, 0.15) is 0 Å². The number of hydrogen-bond donors (Lipinski definition) is 1. The zero-order valence-electron chi connectivity index (χ0n) is 5.43. The molecule has 0 saturated heterocycles. The summed E-state index contributed by atoms with van der Waals surface area (Å²) in [6.45, 7) is 5.58. The Labute approximate surface area is 51.0 Å². The zero-order chi connectivity index (χ0) is 6.41. The minimum Gasteiger partial charge on any atom is -0.393 e. The van der Waals surface area contributed by atoms with E-state index in [9.17, 15) is 0 Å². The van der Waals surface area contributed by atoms with Gasteiger partial charge in [0.25, 0.3) is 0 Å². The van der Waals surface area contributed by atoms with Gasteiger partial charge in [-0.15, -0.1) is 6.58 Å². The Bertz CT molecular complexity index is 59.4. The van der Waals surface area contributed by atoms with Crippen molar-refractivity contribution in [3.05, 3.63) is 12.7 Å². The molecule has 1 heteroatoms. The van der Waals surface area contributed by atoms with Gasteiger partial charge in [0.15, 0.2) is 0 Å². The van der Waals surface area contributed by atoms with Crippen LogP contribution in [0.15, 0.2) is 12.7 Å². The highest BCUT2D eigenvalue weighted by Gasteiger charge is 1.96. The fourth-order valence-electron chi connectivity index (χ4n) is 0.643. The third-order valence-corrected chi connectivity index (χ3v) is 1.06. The maximum absolute atomic E-state index is 8.98. The predicted octanol–water partition coefficient (Wildman–Crippen LogP) is 1.72. The Morgan fingerprint density at radius 3 is 2.75 bits per heavy atom. The summed E-state index contributed by atoms with van der Waals surface area (Å²) in [4.78, 5) is 0. The summed E-state index contributed by atoms with van der Waals surface area (Å²) < 4.78 is 0. The number of aliphatic hydroxyl groups excluding tert-OH is 1. The van der Waals surface area contributed by atoms with Gasteiger partial charge in [-0.3, -0.25) is 0 Å². The number of rotatable bonds is 4. The minimum absolute atomic E-state index is 0.155. The smallest absolute Gasteiger partial charge is 0.0574 e. The minimum atomic E-state index is -0.155. The van der Waals surface area contributed by atoms with Gasteiger partial charge in [-0.05, 0) is 12.8 Å². The first-order valence-corrected chi connectivity index (χ1v) is 3.10. The zero-order valence-corrected chi connectivity index (χ0v) is 5.43. The lowest BCUT2D eigenvalue weighted by atomic mass is 10.1. The van der Waals surface area contributed by atoms with Gasteiger partial charge in [-0.25, -0.2) is 0 Å². The summed E-state index contributed by atoms with van der Waals surface area (Å²) in [5.74, 6) is 0. The third-order valence-electron chi connectivity index (χ3n) is 1.06. The van der Waals surface area contributed by atoms with Crippen LogP contribution in [0.1, 0.15) is 26.2 Å². The molecule has 1 nitrogen and oxygen atoms in total. The summed E-state index contributed by atoms with van der Waals surface area (Å²) in [5.41, 5.74) is 0. The molecular weight excluding hydrogens is 100 g/mol. The third kappa shape index (κ3) is 3.88. The van der Waals surface area contributed by atoms with Crippen LogP contribution in [0.2, 0.25) is 0 Å². The van der Waals surface area contributed by atoms with Gasteiger partial charge in [-0.2, -0.15) is 0 Å². The molecule has 0 fully saturated rings. The van der Waals surface area contributed by atoms with Crippen molar-refractivity contribution in [3.63, 3.8) is 0 Å². The molecule has 0 saturated carbocycles. The lowest BCUT2D eigenvalue weighted by Crippen LogP contribution is -2.02. The van der Waals surface area contributed by atoms with Crippen LogP contribution in [-0.4, -0.2) is 11.2 Å². The Balaban J connectivity index is 3.03. The Kier molecular flexibility index (Phi) is 4.67. The highest BCUT2D eigenvalue weighted by Crippen LogP contribution is 1.99. The van der Waals surface area contributed by atoms with Crippen molar-refractivity contribution in [2.24, 2.45) is 0 Å². The molecular formula is C7H14O. The second-order valence-electron chi connectivity index (χ2n) is 1.97. The van der Waals surface area contributed by atoms with Crippen molar-refractivity contribution in [1.29, 1.82) is 0 Å². The summed E-state index contributed by atoms with van der Waals surface area (Å²) >= 11 is 0. The fraction of sp³-hybridized carbons (Fsp3) is 0.714. The highest BCUT2D eigenvalue weighted by atomic mass is 16.3. The van der Waals surface area contributed by atoms with Crippen LogP contribution in [0, 0.1) is 0 Å². The molecule has 0 spiro atoms. The van der Waals surface area contributed by atoms with E-state index < -0.39 is 0 Å². The van der Waals surface area contributed by atoms with Gasteiger partial charge in [0.05, 0.1) is 6.10 Å². The molecule has 0 aromatic heterocycles. The molecule has 1 unspecified atom stereocenters. The van der Waals surface area contributed by atoms with Crippen LogP contribution in [0.3, 0.4) is 0 Å². The van der Waals surface area contributed by atoms with Crippen molar-refractivity contribution >= 4 is 0 Å². The molecule has 0 aromatic carbocycles. The maximum atomic E-state index is 8.98. The van der Waals surface area contributed by atoms with Crippen molar-refractivity contribution in [3.8, 4) is 0 Å². The second kappa shape index (κ2) is 4.85. The van der Waals surface area contributed by atoms with Crippen molar-refractivity contribution < 1.29 is 5.11 Å². The highest BCUT2D eigenvalue weighted by molar-refractivity contribution is 4.71. The molecule has 0 aliphatic carbocycles. The van der Waals surface area contributed by atoms with E-state index in [1.165, 1.54) is 0 Å². The van der Waals surface area contributed by atoms with E-state index in [4.69, 9.17) is 5.11 Å². The molecule has 0 aliphatic rings. The first-order chi connectivity index (χ1) is 3.81. The van der Waals surface area contributed by atoms with Gasteiger partial charge < -0.3 is 5.11 Å². The van der Waals surface area contributed by atoms with Crippen LogP contribution >= 0.6 is 0 Å². The molecule has 48 valence electrons. The van der Waals surface area contributed by atoms with Crippen LogP contribution in [0.25, 0.3) is 0 Å². The molecule has 0 aromatic rings. The van der Waals surface area contributed by atoms with Crippen molar-refractivity contribution in [1.82, 2.24) is 0 Å². The number of aliphatic hydroxyl groups is 1. The predicted molar refractivity (Wildman–Crippen MR) is 35.7 cm³/mol. The van der Waals surface area contributed by atoms with Crippen LogP contribution in [0.5, 0.6) is 0 Å². The Morgan fingerprint density at radius 2 is 2.38 bits per heavy atom. The molecule has 0 aliphatic heterocycles. The second-order valence-corrected chi connectivity index (χ2v) is 1.97. The molecule has 8 heavy (non-hydrogen) atoms. The van der Waals surface area contributed by atoms with Gasteiger partial charge in [0, 0.05) is 0 Å². The van der Waals surface area contributed by atoms with E-state index in [1.54, 1.807) is 6.08 Å². The van der Waals surface area contributed by atoms with Crippen molar-refractivity contribution in [2.75, 3.05) is 0 Å². The van der Waals surface area contributed by atoms with E-state index in [0.29, 0.717) is 0 Å². The van der Waals surface area contributed by atoms with Crippen LogP contribution < -0.4 is 0 Å². The summed E-state index contributed by atoms with van der Waals surface area (Å²) in [5, 5.41) is 8.98. The molecule has 0 rings (SSSR count). The van der Waals surface area contributed by atoms with E-state index >= 15 is 0 Å². The molecule has 1 N–H and O–H groups in total. The normalized spacial score (nSPS) is 13.2. The summed E-state index contributed by atoms with van der Waals surface area (Å²) in [6.07, 6.45) is 4.27. The van der Waals surface area contributed by atoms with Gasteiger partial charge in [0.2, 0.25) is 0 Å². The average molecular weight is 114 g/mol. The topological polar surface area (TPSA) is 20.2 Å². The fourth-order valence-corrected chi connectivity index (χ4v) is 0.643. The van der Waals surface area contributed by atoms with Crippen molar-refractivity contribution in [2.45, 2.75) is 32.3 Å². The maximum Gasteiger partial charge on any atom is 0.0574 e. The Hall–Kier alpha value is -0.300. The van der Waals surface area contributed by atoms with E-state index in [1.807, 2.05) is 0 Å². The first kappa shape index (κ1) is 7.70. The SMILES string of the molecule is C=CCC(O)CCC. The molecule has 0 heterocycles. The largest absolute Gasteiger partial charge is 0.393 e. The average Bonchev–Trinajstić information content (AvgIpc) is 1.68. The van der Waals surface area contributed by atoms with Crippen LogP contribution in [-0.2, 0) is 0 Å². The lowest BCUT2D eigenvalue weighted by Gasteiger charge is -2.02. The molecule has 0 bridgehead atoms. The molecule has 0 amide bonds. The first-order valence-electron chi connectivity index (χ1n) is 3.10.